The summed E-state index contributed by atoms with van der Waals surface area (Å²) < 4.78 is 5.71. The van der Waals surface area contributed by atoms with Gasteiger partial charge in [0.2, 0.25) is 0 Å². The molecule has 0 bridgehead atoms. The largest absolute Gasteiger partial charge is 0.493 e. The molecule has 3 rings (SSSR count). The number of nitrogens with zero attached hydrogens (tertiary/aromatic N) is 1. The molecule has 1 fully saturated rings. The van der Waals surface area contributed by atoms with Crippen molar-refractivity contribution in [3.8, 4) is 5.75 Å². The van der Waals surface area contributed by atoms with Crippen molar-refractivity contribution in [3.63, 3.8) is 0 Å². The van der Waals surface area contributed by atoms with E-state index in [4.69, 9.17) is 9.84 Å². The number of carboxylic acid groups (broad SMARTS) is 1. The number of carbonyl (C=O) groups is 3. The molecule has 0 atom stereocenters. The van der Waals surface area contributed by atoms with Crippen LogP contribution in [0.4, 0.5) is 4.79 Å². The van der Waals surface area contributed by atoms with Gasteiger partial charge >= 0.3 is 5.97 Å². The maximum absolute atomic E-state index is 12.1. The van der Waals surface area contributed by atoms with Crippen molar-refractivity contribution in [2.45, 2.75) is 6.42 Å². The van der Waals surface area contributed by atoms with Gasteiger partial charge in [-0.05, 0) is 41.1 Å². The summed E-state index contributed by atoms with van der Waals surface area (Å²) in [7, 11) is 0. The third kappa shape index (κ3) is 4.98. The number of aliphatic carboxylic acids is 1. The van der Waals surface area contributed by atoms with Crippen molar-refractivity contribution in [3.05, 3.63) is 70.6 Å². The molecule has 0 unspecified atom stereocenters. The Morgan fingerprint density at radius 1 is 1.07 bits per heavy atom. The van der Waals surface area contributed by atoms with Crippen LogP contribution in [0.2, 0.25) is 0 Å². The van der Waals surface area contributed by atoms with Gasteiger partial charge in [0.1, 0.15) is 12.3 Å². The smallest absolute Gasteiger partial charge is 0.323 e. The van der Waals surface area contributed by atoms with Crippen LogP contribution in [-0.4, -0.2) is 40.3 Å². The topological polar surface area (TPSA) is 83.9 Å². The normalized spacial score (nSPS) is 15.4. The molecular formula is C20H17NO5S. The first-order valence-electron chi connectivity index (χ1n) is 8.27. The van der Waals surface area contributed by atoms with E-state index in [1.807, 2.05) is 30.3 Å². The molecule has 0 spiro atoms. The number of imide groups is 1. The van der Waals surface area contributed by atoms with Crippen molar-refractivity contribution >= 4 is 35.0 Å². The van der Waals surface area contributed by atoms with Crippen molar-refractivity contribution in [1.82, 2.24) is 4.90 Å². The second-order valence-electron chi connectivity index (χ2n) is 5.81. The number of hydrogen-bond acceptors (Lipinski definition) is 5. The van der Waals surface area contributed by atoms with Gasteiger partial charge in [-0.25, -0.2) is 0 Å². The van der Waals surface area contributed by atoms with Gasteiger partial charge in [-0.15, -0.1) is 0 Å². The number of carbonyl (C=O) groups excluding carboxylic acids is 2. The van der Waals surface area contributed by atoms with Gasteiger partial charge < -0.3 is 9.84 Å². The summed E-state index contributed by atoms with van der Waals surface area (Å²) in [5.41, 5.74) is 1.93. The van der Waals surface area contributed by atoms with Crippen LogP contribution >= 0.6 is 11.8 Å². The monoisotopic (exact) mass is 383 g/mol. The molecule has 1 heterocycles. The second-order valence-corrected chi connectivity index (χ2v) is 6.81. The summed E-state index contributed by atoms with van der Waals surface area (Å²) in [6.45, 7) is -0.0758. The molecule has 7 heteroatoms. The molecule has 1 saturated heterocycles. The zero-order valence-electron chi connectivity index (χ0n) is 14.3. The van der Waals surface area contributed by atoms with Gasteiger partial charge in [0.05, 0.1) is 11.5 Å². The van der Waals surface area contributed by atoms with E-state index in [9.17, 15) is 14.4 Å². The highest BCUT2D eigenvalue weighted by molar-refractivity contribution is 8.18. The standard InChI is InChI=1S/C20H17NO5S/c22-18(23)13-21-19(24)17(27-20(21)25)12-15-6-8-16(9-7-15)26-11-10-14-4-2-1-3-5-14/h1-9,12H,10-11,13H2,(H,22,23). The summed E-state index contributed by atoms with van der Waals surface area (Å²) in [4.78, 5) is 35.5. The average Bonchev–Trinajstić information content (AvgIpc) is 2.91. The molecule has 2 aromatic rings. The Kier molecular flexibility index (Phi) is 5.93. The van der Waals surface area contributed by atoms with Crippen LogP contribution in [0.15, 0.2) is 59.5 Å². The predicted octanol–water partition coefficient (Wildman–Crippen LogP) is 3.43. The molecular weight excluding hydrogens is 366 g/mol. The molecule has 0 aliphatic carbocycles. The van der Waals surface area contributed by atoms with E-state index in [-0.39, 0.29) is 4.91 Å². The van der Waals surface area contributed by atoms with Gasteiger partial charge in [-0.2, -0.15) is 0 Å². The first-order chi connectivity index (χ1) is 13.0. The molecule has 0 radical (unpaired) electrons. The summed E-state index contributed by atoms with van der Waals surface area (Å²) in [6, 6.07) is 17.2. The Balaban J connectivity index is 1.59. The molecule has 2 amide bonds. The first-order valence-corrected chi connectivity index (χ1v) is 9.08. The fourth-order valence-electron chi connectivity index (χ4n) is 2.51. The molecule has 6 nitrogen and oxygen atoms in total. The zero-order valence-corrected chi connectivity index (χ0v) is 15.1. The lowest BCUT2D eigenvalue weighted by atomic mass is 10.2. The number of ether oxygens (including phenoxy) is 1. The van der Waals surface area contributed by atoms with Crippen LogP contribution in [0.5, 0.6) is 5.75 Å². The molecule has 1 N–H and O–H groups in total. The maximum atomic E-state index is 12.1. The molecule has 0 aromatic heterocycles. The molecule has 0 saturated carbocycles. The van der Waals surface area contributed by atoms with Crippen molar-refractivity contribution in [1.29, 1.82) is 0 Å². The van der Waals surface area contributed by atoms with Crippen LogP contribution in [-0.2, 0) is 16.0 Å². The average molecular weight is 383 g/mol. The Bertz CT molecular complexity index is 877. The van der Waals surface area contributed by atoms with E-state index in [0.29, 0.717) is 12.4 Å². The Morgan fingerprint density at radius 3 is 2.44 bits per heavy atom. The number of amides is 2. The highest BCUT2D eigenvalue weighted by Crippen LogP contribution is 2.32. The first kappa shape index (κ1) is 18.7. The second kappa shape index (κ2) is 8.55. The summed E-state index contributed by atoms with van der Waals surface area (Å²) >= 11 is 0.738. The summed E-state index contributed by atoms with van der Waals surface area (Å²) in [5.74, 6) is -1.10. The third-order valence-electron chi connectivity index (χ3n) is 3.85. The number of benzene rings is 2. The number of carboxylic acids is 1. The minimum atomic E-state index is -1.23. The zero-order chi connectivity index (χ0) is 19.2. The fourth-order valence-corrected chi connectivity index (χ4v) is 3.35. The van der Waals surface area contributed by atoms with Crippen molar-refractivity contribution < 1.29 is 24.2 Å². The molecule has 27 heavy (non-hydrogen) atoms. The van der Waals surface area contributed by atoms with Crippen LogP contribution < -0.4 is 4.74 Å². The van der Waals surface area contributed by atoms with Gasteiger partial charge in [-0.3, -0.25) is 19.3 Å². The Labute approximate surface area is 160 Å². The van der Waals surface area contributed by atoms with Gasteiger partial charge in [0.15, 0.2) is 0 Å². The highest BCUT2D eigenvalue weighted by atomic mass is 32.2. The van der Waals surface area contributed by atoms with E-state index in [2.05, 4.69) is 0 Å². The molecule has 1 aliphatic heterocycles. The lowest BCUT2D eigenvalue weighted by Crippen LogP contribution is -2.33. The van der Waals surface area contributed by atoms with Crippen LogP contribution in [0, 0.1) is 0 Å². The Morgan fingerprint density at radius 2 is 1.78 bits per heavy atom. The minimum Gasteiger partial charge on any atom is -0.493 e. The van der Waals surface area contributed by atoms with E-state index < -0.39 is 23.7 Å². The van der Waals surface area contributed by atoms with E-state index in [1.165, 1.54) is 5.56 Å². The van der Waals surface area contributed by atoms with Crippen molar-refractivity contribution in [2.24, 2.45) is 0 Å². The van der Waals surface area contributed by atoms with E-state index in [0.717, 1.165) is 28.6 Å². The molecule has 2 aromatic carbocycles. The lowest BCUT2D eigenvalue weighted by molar-refractivity contribution is -0.140. The maximum Gasteiger partial charge on any atom is 0.323 e. The summed E-state index contributed by atoms with van der Waals surface area (Å²) in [6.07, 6.45) is 2.37. The lowest BCUT2D eigenvalue weighted by Gasteiger charge is -2.08. The minimum absolute atomic E-state index is 0.207. The van der Waals surface area contributed by atoms with Gasteiger partial charge in [0.25, 0.3) is 11.1 Å². The Hall–Kier alpha value is -3.06. The quantitative estimate of drug-likeness (QED) is 0.738. The molecule has 1 aliphatic rings. The van der Waals surface area contributed by atoms with E-state index >= 15 is 0 Å². The molecule has 138 valence electrons. The number of rotatable bonds is 7. The van der Waals surface area contributed by atoms with Gasteiger partial charge in [-0.1, -0.05) is 42.5 Å². The van der Waals surface area contributed by atoms with Crippen LogP contribution in [0.1, 0.15) is 11.1 Å². The SMILES string of the molecule is O=C(O)CN1C(=O)SC(=Cc2ccc(OCCc3ccccc3)cc2)C1=O. The van der Waals surface area contributed by atoms with Crippen LogP contribution in [0.25, 0.3) is 6.08 Å². The predicted molar refractivity (Wildman–Crippen MR) is 102 cm³/mol. The van der Waals surface area contributed by atoms with Gasteiger partial charge in [0, 0.05) is 6.42 Å². The number of hydrogen-bond donors (Lipinski definition) is 1. The van der Waals surface area contributed by atoms with E-state index in [1.54, 1.807) is 30.3 Å². The fraction of sp³-hybridized carbons (Fsp3) is 0.150. The number of thioether (sulfide) groups is 1. The summed E-state index contributed by atoms with van der Waals surface area (Å²) in [5, 5.41) is 8.20. The van der Waals surface area contributed by atoms with Crippen LogP contribution in [0.3, 0.4) is 0 Å². The third-order valence-corrected chi connectivity index (χ3v) is 4.75. The highest BCUT2D eigenvalue weighted by Gasteiger charge is 2.36. The van der Waals surface area contributed by atoms with Crippen molar-refractivity contribution in [2.75, 3.05) is 13.2 Å².